The van der Waals surface area contributed by atoms with Gasteiger partial charge in [0.25, 0.3) is 0 Å². The Bertz CT molecular complexity index is 400. The Morgan fingerprint density at radius 1 is 1.26 bits per heavy atom. The van der Waals surface area contributed by atoms with Crippen molar-refractivity contribution in [3.8, 4) is 0 Å². The molecule has 0 spiro atoms. The van der Waals surface area contributed by atoms with Crippen LogP contribution < -0.4 is 0 Å². The Labute approximate surface area is 114 Å². The van der Waals surface area contributed by atoms with Gasteiger partial charge in [-0.1, -0.05) is 13.8 Å². The van der Waals surface area contributed by atoms with E-state index in [1.54, 1.807) is 6.92 Å². The van der Waals surface area contributed by atoms with Gasteiger partial charge in [0, 0.05) is 11.8 Å². The molecule has 0 radical (unpaired) electrons. The highest BCUT2D eigenvalue weighted by Gasteiger charge is 2.63. The topological polar surface area (TPSA) is 66.8 Å². The van der Waals surface area contributed by atoms with Crippen LogP contribution in [0, 0.1) is 23.2 Å². The van der Waals surface area contributed by atoms with Crippen LogP contribution in [0.1, 0.15) is 46.5 Å². The normalized spacial score (nSPS) is 57.3. The molecule has 0 aromatic heterocycles. The zero-order valence-corrected chi connectivity index (χ0v) is 11.9. The maximum Gasteiger partial charge on any atom is 0.309 e. The first-order valence-electron chi connectivity index (χ1n) is 7.38. The van der Waals surface area contributed by atoms with Crippen molar-refractivity contribution < 1.29 is 19.7 Å². The van der Waals surface area contributed by atoms with Crippen LogP contribution in [-0.2, 0) is 9.53 Å². The monoisotopic (exact) mass is 268 g/mol. The quantitative estimate of drug-likeness (QED) is 0.653. The lowest BCUT2D eigenvalue weighted by atomic mass is 9.51. The second kappa shape index (κ2) is 3.95. The lowest BCUT2D eigenvalue weighted by Gasteiger charge is -2.57. The number of ether oxygens (including phenoxy) is 1. The molecule has 19 heavy (non-hydrogen) atoms. The molecule has 2 N–H and O–H groups in total. The van der Waals surface area contributed by atoms with Crippen molar-refractivity contribution in [3.05, 3.63) is 0 Å². The molecular formula is C15H24O4. The summed E-state index contributed by atoms with van der Waals surface area (Å²) in [5.41, 5.74) is -1.20. The number of fused-ring (bicyclic) bond motifs is 3. The lowest BCUT2D eigenvalue weighted by molar-refractivity contribution is -0.218. The molecule has 0 bridgehead atoms. The van der Waals surface area contributed by atoms with E-state index in [4.69, 9.17) is 4.74 Å². The molecule has 4 heteroatoms. The molecule has 0 aromatic rings. The third-order valence-electron chi connectivity index (χ3n) is 6.11. The largest absolute Gasteiger partial charge is 0.461 e. The minimum Gasteiger partial charge on any atom is -0.461 e. The van der Waals surface area contributed by atoms with Gasteiger partial charge in [-0.15, -0.1) is 0 Å². The van der Waals surface area contributed by atoms with Crippen molar-refractivity contribution in [1.29, 1.82) is 0 Å². The summed E-state index contributed by atoms with van der Waals surface area (Å²) in [6, 6.07) is 0. The highest BCUT2D eigenvalue weighted by Crippen LogP contribution is 2.58. The molecule has 4 nitrogen and oxygen atoms in total. The van der Waals surface area contributed by atoms with Crippen molar-refractivity contribution in [2.75, 3.05) is 0 Å². The first-order chi connectivity index (χ1) is 8.77. The highest BCUT2D eigenvalue weighted by molar-refractivity contribution is 5.75. The summed E-state index contributed by atoms with van der Waals surface area (Å²) in [5.74, 6) is -0.182. The molecule has 7 atom stereocenters. The van der Waals surface area contributed by atoms with Gasteiger partial charge < -0.3 is 14.9 Å². The smallest absolute Gasteiger partial charge is 0.309 e. The Morgan fingerprint density at radius 3 is 2.58 bits per heavy atom. The number of aliphatic hydroxyl groups is 2. The molecule has 0 aromatic carbocycles. The van der Waals surface area contributed by atoms with Crippen molar-refractivity contribution >= 4 is 5.97 Å². The molecule has 1 saturated heterocycles. The molecule has 3 aliphatic rings. The van der Waals surface area contributed by atoms with E-state index in [0.717, 1.165) is 19.3 Å². The lowest BCUT2D eigenvalue weighted by Crippen LogP contribution is -2.63. The van der Waals surface area contributed by atoms with Crippen molar-refractivity contribution in [2.24, 2.45) is 23.2 Å². The molecule has 7 unspecified atom stereocenters. The molecule has 2 aliphatic carbocycles. The molecule has 3 rings (SSSR count). The standard InChI is InChI=1S/C15H24O4/c1-8-9-4-6-14(2)7-5-10(16)15(3,18)12(14)11(9)19-13(8)17/h8-12,16,18H,4-7H2,1-3H3. The zero-order valence-electron chi connectivity index (χ0n) is 11.9. The van der Waals surface area contributed by atoms with Gasteiger partial charge in [0.2, 0.25) is 0 Å². The molecule has 0 amide bonds. The Kier molecular flexibility index (Phi) is 2.78. The van der Waals surface area contributed by atoms with E-state index in [1.165, 1.54) is 0 Å². The van der Waals surface area contributed by atoms with Gasteiger partial charge in [-0.05, 0) is 38.0 Å². The Morgan fingerprint density at radius 2 is 1.89 bits per heavy atom. The van der Waals surface area contributed by atoms with Crippen molar-refractivity contribution in [3.63, 3.8) is 0 Å². The number of hydrogen-bond donors (Lipinski definition) is 2. The number of carbonyl (C=O) groups excluding carboxylic acids is 1. The first kappa shape index (κ1) is 13.4. The van der Waals surface area contributed by atoms with Crippen LogP contribution in [0.15, 0.2) is 0 Å². The van der Waals surface area contributed by atoms with E-state index in [9.17, 15) is 15.0 Å². The van der Waals surface area contributed by atoms with Gasteiger partial charge in [-0.3, -0.25) is 4.79 Å². The fraction of sp³-hybridized carbons (Fsp3) is 0.933. The van der Waals surface area contributed by atoms with E-state index < -0.39 is 11.7 Å². The van der Waals surface area contributed by atoms with Gasteiger partial charge in [0.15, 0.2) is 0 Å². The minimum absolute atomic E-state index is 0.0335. The molecule has 2 saturated carbocycles. The average Bonchev–Trinajstić information content (AvgIpc) is 2.60. The predicted octanol–water partition coefficient (Wildman–Crippen LogP) is 1.49. The van der Waals surface area contributed by atoms with Gasteiger partial charge in [-0.2, -0.15) is 0 Å². The van der Waals surface area contributed by atoms with Crippen molar-refractivity contribution in [1.82, 2.24) is 0 Å². The summed E-state index contributed by atoms with van der Waals surface area (Å²) in [4.78, 5) is 11.8. The third-order valence-corrected chi connectivity index (χ3v) is 6.11. The molecule has 3 fully saturated rings. The molecule has 108 valence electrons. The van der Waals surface area contributed by atoms with Gasteiger partial charge in [0.05, 0.1) is 17.6 Å². The number of carbonyl (C=O) groups is 1. The maximum atomic E-state index is 11.8. The number of aliphatic hydroxyl groups excluding tert-OH is 1. The fourth-order valence-corrected chi connectivity index (χ4v) is 4.85. The molecular weight excluding hydrogens is 244 g/mol. The summed E-state index contributed by atoms with van der Waals surface area (Å²) in [6.45, 7) is 5.80. The van der Waals surface area contributed by atoms with E-state index in [-0.39, 0.29) is 35.2 Å². The minimum atomic E-state index is -1.17. The van der Waals surface area contributed by atoms with E-state index in [0.29, 0.717) is 6.42 Å². The Balaban J connectivity index is 2.00. The van der Waals surface area contributed by atoms with Gasteiger partial charge >= 0.3 is 5.97 Å². The fourth-order valence-electron chi connectivity index (χ4n) is 4.85. The van der Waals surface area contributed by atoms with Crippen molar-refractivity contribution in [2.45, 2.75) is 64.3 Å². The van der Waals surface area contributed by atoms with Crippen LogP contribution in [0.3, 0.4) is 0 Å². The number of rotatable bonds is 0. The average molecular weight is 268 g/mol. The third kappa shape index (κ3) is 1.69. The maximum absolute atomic E-state index is 11.8. The molecule has 1 aliphatic heterocycles. The second-order valence-corrected chi connectivity index (χ2v) is 7.30. The SMILES string of the molecule is CC1C(=O)OC2C1CCC1(C)CCC(O)C(C)(O)C21. The molecule has 1 heterocycles. The number of hydrogen-bond acceptors (Lipinski definition) is 4. The van der Waals surface area contributed by atoms with Gasteiger partial charge in [0.1, 0.15) is 6.10 Å². The van der Waals surface area contributed by atoms with Crippen LogP contribution in [0.4, 0.5) is 0 Å². The zero-order chi connectivity index (χ0) is 14.0. The van der Waals surface area contributed by atoms with Crippen LogP contribution in [0.2, 0.25) is 0 Å². The summed E-state index contributed by atoms with van der Waals surface area (Å²) in [7, 11) is 0. The van der Waals surface area contributed by atoms with E-state index in [2.05, 4.69) is 6.92 Å². The summed E-state index contributed by atoms with van der Waals surface area (Å²) >= 11 is 0. The van der Waals surface area contributed by atoms with Crippen LogP contribution in [0.25, 0.3) is 0 Å². The Hall–Kier alpha value is -0.610. The first-order valence-corrected chi connectivity index (χ1v) is 7.38. The summed E-state index contributed by atoms with van der Waals surface area (Å²) < 4.78 is 5.59. The van der Waals surface area contributed by atoms with Gasteiger partial charge in [-0.25, -0.2) is 0 Å². The van der Waals surface area contributed by atoms with E-state index in [1.807, 2.05) is 6.92 Å². The highest BCUT2D eigenvalue weighted by atomic mass is 16.6. The summed E-state index contributed by atoms with van der Waals surface area (Å²) in [6.07, 6.45) is 2.55. The summed E-state index contributed by atoms with van der Waals surface area (Å²) in [5, 5.41) is 20.9. The number of esters is 1. The van der Waals surface area contributed by atoms with Crippen LogP contribution in [0.5, 0.6) is 0 Å². The van der Waals surface area contributed by atoms with E-state index >= 15 is 0 Å². The van der Waals surface area contributed by atoms with Crippen LogP contribution >= 0.6 is 0 Å². The predicted molar refractivity (Wildman–Crippen MR) is 69.2 cm³/mol. The van der Waals surface area contributed by atoms with Crippen LogP contribution in [-0.4, -0.2) is 34.0 Å². The second-order valence-electron chi connectivity index (χ2n) is 7.30.